The van der Waals surface area contributed by atoms with E-state index < -0.39 is 0 Å². The van der Waals surface area contributed by atoms with Crippen molar-refractivity contribution in [2.45, 2.75) is 6.92 Å². The van der Waals surface area contributed by atoms with Crippen LogP contribution >= 0.6 is 0 Å². The molecular weight excluding hydrogens is 268 g/mol. The fourth-order valence-electron chi connectivity index (χ4n) is 1.81. The minimum atomic E-state index is 0.371. The predicted octanol–water partition coefficient (Wildman–Crippen LogP) is 1.96. The Labute approximate surface area is 121 Å². The summed E-state index contributed by atoms with van der Waals surface area (Å²) in [4.78, 5) is 18.9. The van der Waals surface area contributed by atoms with Gasteiger partial charge in [-0.2, -0.15) is 4.98 Å². The Hall–Kier alpha value is -2.83. The average molecular weight is 282 g/mol. The van der Waals surface area contributed by atoms with E-state index in [-0.39, 0.29) is 0 Å². The summed E-state index contributed by atoms with van der Waals surface area (Å²) < 4.78 is 5.30. The monoisotopic (exact) mass is 282 g/mol. The standard InChI is InChI=1S/C14H14N6O/c1-9-8-11(17-14(16-9)20(2)3)13-18-12(19-21-13)10-4-6-15-7-5-10/h4-8H,1-3H3. The van der Waals surface area contributed by atoms with Gasteiger partial charge in [0.1, 0.15) is 5.69 Å². The van der Waals surface area contributed by atoms with Gasteiger partial charge in [0.2, 0.25) is 11.8 Å². The summed E-state index contributed by atoms with van der Waals surface area (Å²) in [6.07, 6.45) is 3.37. The van der Waals surface area contributed by atoms with E-state index in [4.69, 9.17) is 4.52 Å². The van der Waals surface area contributed by atoms with E-state index in [1.54, 1.807) is 12.4 Å². The van der Waals surface area contributed by atoms with E-state index in [1.165, 1.54) is 0 Å². The molecule has 0 bridgehead atoms. The second-order valence-electron chi connectivity index (χ2n) is 4.75. The van der Waals surface area contributed by atoms with Crippen LogP contribution in [-0.2, 0) is 0 Å². The number of rotatable bonds is 3. The van der Waals surface area contributed by atoms with Crippen molar-refractivity contribution in [3.8, 4) is 23.0 Å². The second-order valence-corrected chi connectivity index (χ2v) is 4.75. The molecule has 7 nitrogen and oxygen atoms in total. The molecule has 0 aliphatic rings. The molecule has 0 saturated heterocycles. The number of pyridine rings is 1. The molecule has 3 aromatic heterocycles. The average Bonchev–Trinajstić information content (AvgIpc) is 2.97. The summed E-state index contributed by atoms with van der Waals surface area (Å²) in [5.74, 6) is 1.49. The third-order valence-electron chi connectivity index (χ3n) is 2.83. The highest BCUT2D eigenvalue weighted by Crippen LogP contribution is 2.22. The van der Waals surface area contributed by atoms with Crippen LogP contribution in [0.25, 0.3) is 23.0 Å². The molecule has 0 aliphatic heterocycles. The molecule has 3 aromatic rings. The molecule has 0 aromatic carbocycles. The largest absolute Gasteiger partial charge is 0.347 e. The Morgan fingerprint density at radius 1 is 1.05 bits per heavy atom. The van der Waals surface area contributed by atoms with Crippen LogP contribution in [0.5, 0.6) is 0 Å². The van der Waals surface area contributed by atoms with Crippen molar-refractivity contribution >= 4 is 5.95 Å². The van der Waals surface area contributed by atoms with Crippen LogP contribution in [0.3, 0.4) is 0 Å². The van der Waals surface area contributed by atoms with Crippen molar-refractivity contribution in [1.82, 2.24) is 25.1 Å². The summed E-state index contributed by atoms with van der Waals surface area (Å²) in [5.41, 5.74) is 2.30. The maximum atomic E-state index is 5.30. The third kappa shape index (κ3) is 2.71. The molecule has 0 fully saturated rings. The third-order valence-corrected chi connectivity index (χ3v) is 2.83. The maximum absolute atomic E-state index is 5.30. The Bertz CT molecular complexity index is 753. The second kappa shape index (κ2) is 5.28. The molecule has 0 aliphatic carbocycles. The Morgan fingerprint density at radius 3 is 2.52 bits per heavy atom. The smallest absolute Gasteiger partial charge is 0.277 e. The number of hydrogen-bond acceptors (Lipinski definition) is 7. The van der Waals surface area contributed by atoms with Gasteiger partial charge in [0.05, 0.1) is 0 Å². The fraction of sp³-hybridized carbons (Fsp3) is 0.214. The SMILES string of the molecule is Cc1cc(-c2nc(-c3ccncc3)no2)nc(N(C)C)n1. The van der Waals surface area contributed by atoms with E-state index in [9.17, 15) is 0 Å². The van der Waals surface area contributed by atoms with Crippen LogP contribution < -0.4 is 4.90 Å². The lowest BCUT2D eigenvalue weighted by atomic mass is 10.2. The number of aromatic nitrogens is 5. The van der Waals surface area contributed by atoms with Gasteiger partial charge < -0.3 is 9.42 Å². The Morgan fingerprint density at radius 2 is 1.81 bits per heavy atom. The highest BCUT2D eigenvalue weighted by atomic mass is 16.5. The molecule has 0 saturated carbocycles. The predicted molar refractivity (Wildman–Crippen MR) is 77.6 cm³/mol. The zero-order valence-electron chi connectivity index (χ0n) is 12.0. The molecule has 0 N–H and O–H groups in total. The van der Waals surface area contributed by atoms with Crippen molar-refractivity contribution in [3.63, 3.8) is 0 Å². The van der Waals surface area contributed by atoms with E-state index in [2.05, 4.69) is 25.1 Å². The van der Waals surface area contributed by atoms with Crippen LogP contribution in [-0.4, -0.2) is 39.2 Å². The molecule has 106 valence electrons. The first-order valence-electron chi connectivity index (χ1n) is 6.41. The number of hydrogen-bond donors (Lipinski definition) is 0. The molecular formula is C14H14N6O. The zero-order chi connectivity index (χ0) is 14.8. The Balaban J connectivity index is 2.00. The van der Waals surface area contributed by atoms with Crippen LogP contribution in [0.1, 0.15) is 5.69 Å². The van der Waals surface area contributed by atoms with Crippen molar-refractivity contribution in [1.29, 1.82) is 0 Å². The van der Waals surface area contributed by atoms with Gasteiger partial charge in [0, 0.05) is 37.7 Å². The molecule has 0 unspecified atom stereocenters. The molecule has 7 heteroatoms. The molecule has 0 spiro atoms. The van der Waals surface area contributed by atoms with E-state index in [0.717, 1.165) is 11.3 Å². The fourth-order valence-corrected chi connectivity index (χ4v) is 1.81. The summed E-state index contributed by atoms with van der Waals surface area (Å²) in [5, 5.41) is 3.98. The summed E-state index contributed by atoms with van der Waals surface area (Å²) >= 11 is 0. The van der Waals surface area contributed by atoms with Crippen LogP contribution in [0.2, 0.25) is 0 Å². The van der Waals surface area contributed by atoms with E-state index in [0.29, 0.717) is 23.4 Å². The number of nitrogens with zero attached hydrogens (tertiary/aromatic N) is 6. The van der Waals surface area contributed by atoms with Crippen molar-refractivity contribution in [2.24, 2.45) is 0 Å². The van der Waals surface area contributed by atoms with Crippen molar-refractivity contribution in [3.05, 3.63) is 36.3 Å². The first-order chi connectivity index (χ1) is 10.1. The molecule has 0 atom stereocenters. The normalized spacial score (nSPS) is 10.6. The molecule has 0 radical (unpaired) electrons. The van der Waals surface area contributed by atoms with Gasteiger partial charge in [-0.05, 0) is 25.1 Å². The lowest BCUT2D eigenvalue weighted by Crippen LogP contribution is -2.13. The minimum absolute atomic E-state index is 0.371. The summed E-state index contributed by atoms with van der Waals surface area (Å²) in [6.45, 7) is 1.90. The zero-order valence-corrected chi connectivity index (χ0v) is 12.0. The van der Waals surface area contributed by atoms with Crippen molar-refractivity contribution in [2.75, 3.05) is 19.0 Å². The first kappa shape index (κ1) is 13.2. The molecule has 3 heterocycles. The maximum Gasteiger partial charge on any atom is 0.277 e. The highest BCUT2D eigenvalue weighted by Gasteiger charge is 2.14. The lowest BCUT2D eigenvalue weighted by Gasteiger charge is -2.10. The minimum Gasteiger partial charge on any atom is -0.347 e. The lowest BCUT2D eigenvalue weighted by molar-refractivity contribution is 0.431. The van der Waals surface area contributed by atoms with Crippen LogP contribution in [0.15, 0.2) is 35.1 Å². The molecule has 3 rings (SSSR count). The van der Waals surface area contributed by atoms with Gasteiger partial charge in [-0.15, -0.1) is 0 Å². The van der Waals surface area contributed by atoms with Crippen molar-refractivity contribution < 1.29 is 4.52 Å². The quantitative estimate of drug-likeness (QED) is 0.726. The van der Waals surface area contributed by atoms with E-state index >= 15 is 0 Å². The van der Waals surface area contributed by atoms with Gasteiger partial charge in [-0.1, -0.05) is 5.16 Å². The molecule has 0 amide bonds. The van der Waals surface area contributed by atoms with Gasteiger partial charge in [0.25, 0.3) is 5.89 Å². The topological polar surface area (TPSA) is 80.8 Å². The number of anilines is 1. The molecule has 21 heavy (non-hydrogen) atoms. The van der Waals surface area contributed by atoms with Crippen LogP contribution in [0.4, 0.5) is 5.95 Å². The van der Waals surface area contributed by atoms with Crippen LogP contribution in [0, 0.1) is 6.92 Å². The van der Waals surface area contributed by atoms with Gasteiger partial charge >= 0.3 is 0 Å². The van der Waals surface area contributed by atoms with Gasteiger partial charge in [-0.25, -0.2) is 9.97 Å². The number of aryl methyl sites for hydroxylation is 1. The van der Waals surface area contributed by atoms with Gasteiger partial charge in [0.15, 0.2) is 0 Å². The summed E-state index contributed by atoms with van der Waals surface area (Å²) in [6, 6.07) is 5.47. The van der Waals surface area contributed by atoms with Gasteiger partial charge in [-0.3, -0.25) is 4.98 Å². The first-order valence-corrected chi connectivity index (χ1v) is 6.41. The highest BCUT2D eigenvalue weighted by molar-refractivity contribution is 5.58. The summed E-state index contributed by atoms with van der Waals surface area (Å²) in [7, 11) is 3.77. The Kier molecular flexibility index (Phi) is 3.31. The van der Waals surface area contributed by atoms with E-state index in [1.807, 2.05) is 44.1 Å².